The van der Waals surface area contributed by atoms with E-state index >= 15 is 0 Å². The van der Waals surface area contributed by atoms with E-state index in [0.717, 1.165) is 10.4 Å². The third-order valence-corrected chi connectivity index (χ3v) is 6.57. The van der Waals surface area contributed by atoms with Gasteiger partial charge in [-0.15, -0.1) is 11.3 Å². The lowest BCUT2D eigenvalue weighted by Crippen LogP contribution is -2.50. The highest BCUT2D eigenvalue weighted by Crippen LogP contribution is 2.37. The van der Waals surface area contributed by atoms with Crippen LogP contribution < -0.4 is 4.74 Å². The number of rotatable bonds is 4. The number of hydrogen-bond donors (Lipinski definition) is 0. The molecule has 4 rings (SSSR count). The van der Waals surface area contributed by atoms with E-state index in [0.29, 0.717) is 41.8 Å². The van der Waals surface area contributed by atoms with Crippen molar-refractivity contribution in [2.24, 2.45) is 0 Å². The summed E-state index contributed by atoms with van der Waals surface area (Å²) in [5.41, 5.74) is 0.962. The molecule has 3 aromatic rings. The zero-order chi connectivity index (χ0) is 22.0. The molecule has 1 saturated heterocycles. The van der Waals surface area contributed by atoms with E-state index in [1.807, 2.05) is 36.4 Å². The molecule has 5 nitrogen and oxygen atoms in total. The molecule has 31 heavy (non-hydrogen) atoms. The van der Waals surface area contributed by atoms with E-state index in [-0.39, 0.29) is 11.5 Å². The third-order valence-electron chi connectivity index (χ3n) is 5.18. The fraction of sp³-hybridized carbons (Fsp3) is 0.217. The molecule has 0 unspecified atom stereocenters. The normalized spacial score (nSPS) is 13.9. The second-order valence-electron chi connectivity index (χ2n) is 7.08. The molecule has 2 aromatic carbocycles. The summed E-state index contributed by atoms with van der Waals surface area (Å²) in [4.78, 5) is 30.5. The zero-order valence-corrected chi connectivity index (χ0v) is 18.4. The number of carbonyl (C=O) groups excluding carboxylic acids is 2. The smallest absolute Gasteiger partial charge is 0.267 e. The molecule has 0 saturated carbocycles. The van der Waals surface area contributed by atoms with Gasteiger partial charge in [0.2, 0.25) is 0 Å². The van der Waals surface area contributed by atoms with Crippen molar-refractivity contribution in [2.75, 3.05) is 33.3 Å². The Hall–Kier alpha value is -2.90. The van der Waals surface area contributed by atoms with Crippen molar-refractivity contribution in [2.45, 2.75) is 0 Å². The summed E-state index contributed by atoms with van der Waals surface area (Å²) in [5.74, 6) is -0.629. The summed E-state index contributed by atoms with van der Waals surface area (Å²) in [6.45, 7) is 1.34. The van der Waals surface area contributed by atoms with Crippen molar-refractivity contribution >= 4 is 34.8 Å². The first-order chi connectivity index (χ1) is 15.0. The molecule has 8 heteroatoms. The van der Waals surface area contributed by atoms with Crippen LogP contribution in [0.2, 0.25) is 5.02 Å². The first kappa shape index (κ1) is 21.3. The first-order valence-electron chi connectivity index (χ1n) is 9.75. The van der Waals surface area contributed by atoms with Crippen LogP contribution in [-0.4, -0.2) is 54.9 Å². The van der Waals surface area contributed by atoms with Crippen LogP contribution in [0.15, 0.2) is 54.6 Å². The number of piperazine rings is 1. The summed E-state index contributed by atoms with van der Waals surface area (Å²) in [6, 6.07) is 15.6. The molecule has 1 aliphatic heterocycles. The van der Waals surface area contributed by atoms with Crippen LogP contribution in [0.25, 0.3) is 10.4 Å². The molecular weight excluding hydrogens is 439 g/mol. The van der Waals surface area contributed by atoms with Crippen molar-refractivity contribution in [3.63, 3.8) is 0 Å². The van der Waals surface area contributed by atoms with Gasteiger partial charge in [-0.25, -0.2) is 4.39 Å². The van der Waals surface area contributed by atoms with Crippen molar-refractivity contribution in [3.8, 4) is 16.2 Å². The van der Waals surface area contributed by atoms with Gasteiger partial charge in [0, 0.05) is 36.1 Å². The van der Waals surface area contributed by atoms with Crippen LogP contribution >= 0.6 is 22.9 Å². The zero-order valence-electron chi connectivity index (χ0n) is 16.8. The van der Waals surface area contributed by atoms with Crippen LogP contribution in [0, 0.1) is 5.82 Å². The number of thiophene rings is 1. The second-order valence-corrected chi connectivity index (χ2v) is 8.57. The average molecular weight is 459 g/mol. The number of halogens is 2. The molecule has 1 fully saturated rings. The Morgan fingerprint density at radius 2 is 1.61 bits per heavy atom. The van der Waals surface area contributed by atoms with E-state index in [1.54, 1.807) is 16.9 Å². The molecule has 0 aliphatic carbocycles. The second kappa shape index (κ2) is 9.08. The van der Waals surface area contributed by atoms with E-state index < -0.39 is 11.7 Å². The van der Waals surface area contributed by atoms with Crippen LogP contribution in [0.3, 0.4) is 0 Å². The fourth-order valence-corrected chi connectivity index (χ4v) is 4.78. The molecule has 0 bridgehead atoms. The molecule has 1 aromatic heterocycles. The van der Waals surface area contributed by atoms with Gasteiger partial charge < -0.3 is 14.5 Å². The number of benzene rings is 2. The highest BCUT2D eigenvalue weighted by Gasteiger charge is 2.29. The first-order valence-corrected chi connectivity index (χ1v) is 10.9. The highest BCUT2D eigenvalue weighted by atomic mass is 35.5. The maximum absolute atomic E-state index is 14.0. The maximum atomic E-state index is 14.0. The number of methoxy groups -OCH3 is 1. The molecule has 2 heterocycles. The minimum atomic E-state index is -0.607. The van der Waals surface area contributed by atoms with Gasteiger partial charge in [0.25, 0.3) is 11.8 Å². The predicted molar refractivity (Wildman–Crippen MR) is 120 cm³/mol. The van der Waals surface area contributed by atoms with Crippen LogP contribution in [-0.2, 0) is 0 Å². The minimum absolute atomic E-state index is 0.0558. The van der Waals surface area contributed by atoms with Crippen molar-refractivity contribution in [1.29, 1.82) is 0 Å². The van der Waals surface area contributed by atoms with Crippen molar-refractivity contribution < 1.29 is 18.7 Å². The molecule has 160 valence electrons. The van der Waals surface area contributed by atoms with Gasteiger partial charge in [0.05, 0.1) is 12.7 Å². The van der Waals surface area contributed by atoms with Gasteiger partial charge in [-0.2, -0.15) is 0 Å². The fourth-order valence-electron chi connectivity index (χ4n) is 3.51. The van der Waals surface area contributed by atoms with E-state index in [9.17, 15) is 14.0 Å². The molecule has 0 spiro atoms. The standard InChI is InChI=1S/C23H20ClFN2O3S/c1-30-19-14-20(15-5-3-2-4-6-15)31-21(19)23(29)27-11-9-26(10-12-27)22(28)17-13-16(24)7-8-18(17)25/h2-8,13-14H,9-12H2,1H3. The van der Waals surface area contributed by atoms with Gasteiger partial charge in [0.15, 0.2) is 0 Å². The lowest BCUT2D eigenvalue weighted by molar-refractivity contribution is 0.0533. The van der Waals surface area contributed by atoms with E-state index in [1.165, 1.54) is 29.5 Å². The molecular formula is C23H20ClFN2O3S. The van der Waals surface area contributed by atoms with Gasteiger partial charge >= 0.3 is 0 Å². The Kier molecular flexibility index (Phi) is 6.25. The van der Waals surface area contributed by atoms with Crippen LogP contribution in [0.1, 0.15) is 20.0 Å². The lowest BCUT2D eigenvalue weighted by Gasteiger charge is -2.34. The number of nitrogens with zero attached hydrogens (tertiary/aromatic N) is 2. The van der Waals surface area contributed by atoms with Crippen molar-refractivity contribution in [1.82, 2.24) is 9.80 Å². The molecule has 2 amide bonds. The molecule has 0 N–H and O–H groups in total. The summed E-state index contributed by atoms with van der Waals surface area (Å²) < 4.78 is 19.5. The monoisotopic (exact) mass is 458 g/mol. The molecule has 1 aliphatic rings. The minimum Gasteiger partial charge on any atom is -0.495 e. The summed E-state index contributed by atoms with van der Waals surface area (Å²) >= 11 is 7.29. The predicted octanol–water partition coefficient (Wildman–Crippen LogP) is 4.81. The Morgan fingerprint density at radius 1 is 0.968 bits per heavy atom. The average Bonchev–Trinajstić information content (AvgIpc) is 3.25. The lowest BCUT2D eigenvalue weighted by atomic mass is 10.1. The SMILES string of the molecule is COc1cc(-c2ccccc2)sc1C(=O)N1CCN(C(=O)c2cc(Cl)ccc2F)CC1. The van der Waals surface area contributed by atoms with E-state index in [2.05, 4.69) is 0 Å². The Balaban J connectivity index is 1.47. The maximum Gasteiger partial charge on any atom is 0.267 e. The molecule has 0 atom stereocenters. The largest absolute Gasteiger partial charge is 0.495 e. The van der Waals surface area contributed by atoms with Gasteiger partial charge in [0.1, 0.15) is 16.4 Å². The summed E-state index contributed by atoms with van der Waals surface area (Å²) in [7, 11) is 1.55. The van der Waals surface area contributed by atoms with E-state index in [4.69, 9.17) is 16.3 Å². The number of hydrogen-bond acceptors (Lipinski definition) is 4. The number of carbonyl (C=O) groups is 2. The third kappa shape index (κ3) is 4.43. The van der Waals surface area contributed by atoms with Gasteiger partial charge in [-0.05, 0) is 29.8 Å². The summed E-state index contributed by atoms with van der Waals surface area (Å²) in [5, 5.41) is 0.303. The molecule has 0 radical (unpaired) electrons. The van der Waals surface area contributed by atoms with Gasteiger partial charge in [-0.3, -0.25) is 9.59 Å². The highest BCUT2D eigenvalue weighted by molar-refractivity contribution is 7.17. The Morgan fingerprint density at radius 3 is 2.26 bits per heavy atom. The quantitative estimate of drug-likeness (QED) is 0.563. The van der Waals surface area contributed by atoms with Gasteiger partial charge in [-0.1, -0.05) is 41.9 Å². The van der Waals surface area contributed by atoms with Crippen LogP contribution in [0.5, 0.6) is 5.75 Å². The van der Waals surface area contributed by atoms with Crippen molar-refractivity contribution in [3.05, 3.63) is 75.9 Å². The number of ether oxygens (including phenoxy) is 1. The topological polar surface area (TPSA) is 49.9 Å². The summed E-state index contributed by atoms with van der Waals surface area (Å²) in [6.07, 6.45) is 0. The Labute approximate surface area is 188 Å². The van der Waals surface area contributed by atoms with Crippen LogP contribution in [0.4, 0.5) is 4.39 Å². The Bertz CT molecular complexity index is 1110. The number of amides is 2.